The monoisotopic (exact) mass is 282 g/mol. The molecule has 3 aliphatic rings. The molecule has 3 heterocycles. The Labute approximate surface area is 121 Å². The first-order valence-electron chi connectivity index (χ1n) is 7.00. The van der Waals surface area contributed by atoms with Crippen LogP contribution < -0.4 is 0 Å². The zero-order valence-electron chi connectivity index (χ0n) is 11.3. The van der Waals surface area contributed by atoms with E-state index in [1.165, 1.54) is 4.90 Å². The van der Waals surface area contributed by atoms with Crippen molar-refractivity contribution in [3.63, 3.8) is 0 Å². The number of aliphatic imine (C=N–C) groups is 1. The van der Waals surface area contributed by atoms with Gasteiger partial charge in [-0.05, 0) is 11.6 Å². The van der Waals surface area contributed by atoms with Crippen molar-refractivity contribution in [3.8, 4) is 0 Å². The molecule has 3 aliphatic heterocycles. The lowest BCUT2D eigenvalue weighted by atomic mass is 9.94. The highest BCUT2D eigenvalue weighted by atomic mass is 16.5. The number of hydrogen-bond acceptors (Lipinski definition) is 4. The van der Waals surface area contributed by atoms with Crippen LogP contribution in [0.2, 0.25) is 0 Å². The lowest BCUT2D eigenvalue weighted by Gasteiger charge is -2.21. The average Bonchev–Trinajstić information content (AvgIpc) is 3.00. The van der Waals surface area contributed by atoms with Gasteiger partial charge in [-0.2, -0.15) is 0 Å². The SMILES string of the molecule is O=C1C2OC3C=CC=NC3C2C(=O)N1Cc1ccccc1. The predicted molar refractivity (Wildman–Crippen MR) is 75.6 cm³/mol. The van der Waals surface area contributed by atoms with Gasteiger partial charge >= 0.3 is 0 Å². The van der Waals surface area contributed by atoms with Crippen LogP contribution in [-0.4, -0.2) is 41.2 Å². The van der Waals surface area contributed by atoms with E-state index in [9.17, 15) is 9.59 Å². The molecule has 5 heteroatoms. The van der Waals surface area contributed by atoms with Gasteiger partial charge < -0.3 is 4.74 Å². The van der Waals surface area contributed by atoms with Gasteiger partial charge in [-0.25, -0.2) is 0 Å². The highest BCUT2D eigenvalue weighted by Crippen LogP contribution is 2.38. The first kappa shape index (κ1) is 12.5. The molecule has 0 aromatic heterocycles. The minimum absolute atomic E-state index is 0.172. The van der Waals surface area contributed by atoms with Gasteiger partial charge in [0.25, 0.3) is 5.91 Å². The number of benzene rings is 1. The Morgan fingerprint density at radius 2 is 1.95 bits per heavy atom. The van der Waals surface area contributed by atoms with Gasteiger partial charge in [-0.15, -0.1) is 0 Å². The molecule has 0 aliphatic carbocycles. The third kappa shape index (κ3) is 1.85. The van der Waals surface area contributed by atoms with Gasteiger partial charge in [0.05, 0.1) is 18.5 Å². The van der Waals surface area contributed by atoms with Gasteiger partial charge in [-0.1, -0.05) is 36.4 Å². The van der Waals surface area contributed by atoms with E-state index in [0.717, 1.165) is 5.56 Å². The third-order valence-electron chi connectivity index (χ3n) is 4.22. The van der Waals surface area contributed by atoms with E-state index in [4.69, 9.17) is 4.74 Å². The van der Waals surface area contributed by atoms with Gasteiger partial charge in [0.2, 0.25) is 5.91 Å². The van der Waals surface area contributed by atoms with Crippen LogP contribution in [0.15, 0.2) is 47.5 Å². The second-order valence-corrected chi connectivity index (χ2v) is 5.47. The van der Waals surface area contributed by atoms with Crippen molar-refractivity contribution in [3.05, 3.63) is 48.0 Å². The van der Waals surface area contributed by atoms with Crippen LogP contribution in [0.25, 0.3) is 0 Å². The van der Waals surface area contributed by atoms with Crippen molar-refractivity contribution in [2.75, 3.05) is 0 Å². The molecular formula is C16H14N2O3. The minimum atomic E-state index is -0.684. The van der Waals surface area contributed by atoms with Gasteiger partial charge in [0.1, 0.15) is 6.10 Å². The van der Waals surface area contributed by atoms with Crippen LogP contribution in [0.4, 0.5) is 0 Å². The van der Waals surface area contributed by atoms with E-state index in [-0.39, 0.29) is 24.0 Å². The Morgan fingerprint density at radius 1 is 1.14 bits per heavy atom. The molecule has 5 nitrogen and oxygen atoms in total. The predicted octanol–water partition coefficient (Wildman–Crippen LogP) is 0.948. The van der Waals surface area contributed by atoms with Crippen molar-refractivity contribution in [1.29, 1.82) is 0 Å². The lowest BCUT2D eigenvalue weighted by molar-refractivity contribution is -0.144. The summed E-state index contributed by atoms with van der Waals surface area (Å²) in [5, 5.41) is 0. The second-order valence-electron chi connectivity index (χ2n) is 5.47. The van der Waals surface area contributed by atoms with Crippen molar-refractivity contribution < 1.29 is 14.3 Å². The number of rotatable bonds is 2. The molecule has 2 saturated heterocycles. The topological polar surface area (TPSA) is 59.0 Å². The number of nitrogens with zero attached hydrogens (tertiary/aromatic N) is 2. The minimum Gasteiger partial charge on any atom is -0.358 e. The van der Waals surface area contributed by atoms with Gasteiger partial charge in [0.15, 0.2) is 6.10 Å². The third-order valence-corrected chi connectivity index (χ3v) is 4.22. The molecular weight excluding hydrogens is 268 g/mol. The summed E-state index contributed by atoms with van der Waals surface area (Å²) in [7, 11) is 0. The summed E-state index contributed by atoms with van der Waals surface area (Å²) >= 11 is 0. The van der Waals surface area contributed by atoms with Crippen molar-refractivity contribution >= 4 is 18.0 Å². The van der Waals surface area contributed by atoms with Crippen LogP contribution in [0.5, 0.6) is 0 Å². The van der Waals surface area contributed by atoms with Crippen LogP contribution in [0.3, 0.4) is 0 Å². The molecule has 4 rings (SSSR count). The van der Waals surface area contributed by atoms with E-state index >= 15 is 0 Å². The summed E-state index contributed by atoms with van der Waals surface area (Å²) in [4.78, 5) is 30.7. The first-order valence-corrected chi connectivity index (χ1v) is 7.00. The summed E-state index contributed by atoms with van der Waals surface area (Å²) in [6.45, 7) is 0.297. The highest BCUT2D eigenvalue weighted by Gasteiger charge is 2.59. The molecule has 0 N–H and O–H groups in total. The quantitative estimate of drug-likeness (QED) is 0.759. The number of hydrogen-bond donors (Lipinski definition) is 0. The highest BCUT2D eigenvalue weighted by molar-refractivity contribution is 6.07. The summed E-state index contributed by atoms with van der Waals surface area (Å²) in [5.74, 6) is -0.895. The largest absolute Gasteiger partial charge is 0.358 e. The Bertz CT molecular complexity index is 653. The lowest BCUT2D eigenvalue weighted by Crippen LogP contribution is -2.37. The molecule has 106 valence electrons. The molecule has 0 bridgehead atoms. The van der Waals surface area contributed by atoms with E-state index < -0.39 is 12.0 Å². The second kappa shape index (κ2) is 4.63. The molecule has 2 amide bonds. The van der Waals surface area contributed by atoms with Crippen LogP contribution in [0.1, 0.15) is 5.56 Å². The number of carbonyl (C=O) groups excluding carboxylic acids is 2. The van der Waals surface area contributed by atoms with Crippen molar-refractivity contribution in [1.82, 2.24) is 4.90 Å². The van der Waals surface area contributed by atoms with Crippen LogP contribution in [0, 0.1) is 5.92 Å². The summed E-state index contributed by atoms with van der Waals surface area (Å²) in [5.41, 5.74) is 0.933. The number of carbonyl (C=O) groups is 2. The number of dihydropyridines is 1. The molecule has 4 atom stereocenters. The molecule has 0 radical (unpaired) electrons. The molecule has 21 heavy (non-hydrogen) atoms. The molecule has 4 unspecified atom stereocenters. The fourth-order valence-corrected chi connectivity index (χ4v) is 3.21. The Hall–Kier alpha value is -2.27. The number of fused-ring (bicyclic) bond motifs is 3. The summed E-state index contributed by atoms with van der Waals surface area (Å²) < 4.78 is 5.73. The van der Waals surface area contributed by atoms with Crippen molar-refractivity contribution in [2.24, 2.45) is 10.9 Å². The van der Waals surface area contributed by atoms with Crippen LogP contribution >= 0.6 is 0 Å². The number of amides is 2. The van der Waals surface area contributed by atoms with E-state index in [0.29, 0.717) is 6.54 Å². The smallest absolute Gasteiger partial charge is 0.259 e. The van der Waals surface area contributed by atoms with Crippen LogP contribution in [-0.2, 0) is 20.9 Å². The molecule has 1 aromatic carbocycles. The van der Waals surface area contributed by atoms with E-state index in [1.807, 2.05) is 36.4 Å². The molecule has 1 aromatic rings. The van der Waals surface area contributed by atoms with Crippen molar-refractivity contribution in [2.45, 2.75) is 24.8 Å². The normalized spacial score (nSPS) is 33.4. The Kier molecular flexibility index (Phi) is 2.75. The maximum atomic E-state index is 12.6. The summed E-state index contributed by atoms with van der Waals surface area (Å²) in [6, 6.07) is 9.23. The molecule has 0 saturated carbocycles. The zero-order chi connectivity index (χ0) is 14.4. The number of likely N-dealkylation sites (tertiary alicyclic amines) is 1. The fraction of sp³-hybridized carbons (Fsp3) is 0.312. The molecule has 0 spiro atoms. The van der Waals surface area contributed by atoms with Gasteiger partial charge in [0, 0.05) is 6.21 Å². The molecule has 2 fully saturated rings. The fourth-order valence-electron chi connectivity index (χ4n) is 3.21. The zero-order valence-corrected chi connectivity index (χ0v) is 11.3. The Balaban J connectivity index is 1.60. The first-order chi connectivity index (χ1) is 10.3. The Morgan fingerprint density at radius 3 is 2.76 bits per heavy atom. The standard InChI is InChI=1S/C16H14N2O3/c19-15-12-13-11(7-4-8-17-13)21-14(12)16(20)18(15)9-10-5-2-1-3-6-10/h1-8,11-14H,9H2. The van der Waals surface area contributed by atoms with Gasteiger partial charge in [-0.3, -0.25) is 19.5 Å². The van der Waals surface area contributed by atoms with E-state index in [2.05, 4.69) is 4.99 Å². The number of allylic oxidation sites excluding steroid dienone is 1. The average molecular weight is 282 g/mol. The maximum Gasteiger partial charge on any atom is 0.259 e. The van der Waals surface area contributed by atoms with E-state index in [1.54, 1.807) is 12.3 Å². The number of ether oxygens (including phenoxy) is 1. The summed E-state index contributed by atoms with van der Waals surface area (Å²) in [6.07, 6.45) is 4.38. The maximum absolute atomic E-state index is 12.6. The number of imide groups is 1.